The van der Waals surface area contributed by atoms with Crippen molar-refractivity contribution in [2.24, 2.45) is 35.3 Å². The number of esters is 1. The Hall–Kier alpha value is -4.33. The number of nitrogens with two attached hydrogens (primary N) is 1. The number of hydrogen-bond acceptors (Lipinski definition) is 14. The molecule has 0 aliphatic carbocycles. The van der Waals surface area contributed by atoms with Crippen molar-refractivity contribution < 1.29 is 62.0 Å². The molecule has 390 valence electrons. The number of ketones is 2. The van der Waals surface area contributed by atoms with Crippen molar-refractivity contribution in [1.29, 1.82) is 0 Å². The molecule has 0 aromatic heterocycles. The Morgan fingerprint density at radius 2 is 1.22 bits per heavy atom. The number of hydrogen-bond donors (Lipinski definition) is 5. The maximum Gasteiger partial charge on any atom is 0.308 e. The van der Waals surface area contributed by atoms with E-state index < -0.39 is 23.8 Å². The molecule has 0 saturated heterocycles. The summed E-state index contributed by atoms with van der Waals surface area (Å²) in [7, 11) is 1.63. The SMILES string of the molecule is CC(C)N[C@@H](C)C(=O)C[C@@H](C)C(=O)N[C@@H](CC(N)=O)C(=O)C(C)C.COCCOCCOCCOCCOCCC(=O)NCCCC[C@H](CC(C)C)C(=O)Nc1ccc(COC(=O)C(C)C)cc1. The first-order valence-corrected chi connectivity index (χ1v) is 24.2. The topological polar surface area (TPSA) is 249 Å². The van der Waals surface area contributed by atoms with Crippen molar-refractivity contribution in [2.75, 3.05) is 78.4 Å². The van der Waals surface area contributed by atoms with Gasteiger partial charge in [0.2, 0.25) is 23.6 Å². The van der Waals surface area contributed by atoms with Crippen molar-refractivity contribution in [3.63, 3.8) is 0 Å². The van der Waals surface area contributed by atoms with Crippen LogP contribution in [0.15, 0.2) is 24.3 Å². The van der Waals surface area contributed by atoms with Crippen LogP contribution >= 0.6 is 0 Å². The average Bonchev–Trinajstić information content (AvgIpc) is 3.27. The number of rotatable bonds is 38. The normalized spacial score (nSPS) is 13.0. The quantitative estimate of drug-likeness (QED) is 0.0436. The van der Waals surface area contributed by atoms with E-state index in [0.29, 0.717) is 84.0 Å². The molecule has 1 rings (SSSR count). The monoisotopic (exact) mass is 966 g/mol. The molecular formula is C50H87N5O13. The predicted molar refractivity (Wildman–Crippen MR) is 261 cm³/mol. The largest absolute Gasteiger partial charge is 0.461 e. The van der Waals surface area contributed by atoms with E-state index in [4.69, 9.17) is 34.2 Å². The first-order chi connectivity index (χ1) is 32.2. The van der Waals surface area contributed by atoms with Crippen molar-refractivity contribution in [3.05, 3.63) is 29.8 Å². The lowest BCUT2D eigenvalue weighted by atomic mass is 9.91. The number of unbranched alkanes of at least 4 members (excludes halogenated alkanes) is 1. The number of nitrogens with one attached hydrogen (secondary N) is 4. The van der Waals surface area contributed by atoms with Gasteiger partial charge >= 0.3 is 5.97 Å². The van der Waals surface area contributed by atoms with Gasteiger partial charge in [-0.25, -0.2) is 0 Å². The molecule has 1 aromatic rings. The summed E-state index contributed by atoms with van der Waals surface area (Å²) in [5.74, 6) is -2.52. The molecule has 0 saturated carbocycles. The zero-order valence-electron chi connectivity index (χ0n) is 43.0. The summed E-state index contributed by atoms with van der Waals surface area (Å²) in [6, 6.07) is 6.23. The van der Waals surface area contributed by atoms with E-state index in [-0.39, 0.29) is 78.6 Å². The number of benzene rings is 1. The number of carbonyl (C=O) groups is 7. The van der Waals surface area contributed by atoms with Crippen molar-refractivity contribution in [1.82, 2.24) is 16.0 Å². The first kappa shape index (κ1) is 63.7. The Labute approximate surface area is 406 Å². The highest BCUT2D eigenvalue weighted by molar-refractivity contribution is 5.95. The van der Waals surface area contributed by atoms with E-state index in [1.807, 2.05) is 38.1 Å². The molecule has 0 aliphatic heterocycles. The fourth-order valence-corrected chi connectivity index (χ4v) is 6.38. The zero-order valence-corrected chi connectivity index (χ0v) is 43.0. The maximum atomic E-state index is 13.0. The van der Waals surface area contributed by atoms with E-state index in [9.17, 15) is 33.6 Å². The summed E-state index contributed by atoms with van der Waals surface area (Å²) >= 11 is 0. The fourth-order valence-electron chi connectivity index (χ4n) is 6.38. The third-order valence-corrected chi connectivity index (χ3v) is 10.2. The van der Waals surface area contributed by atoms with E-state index in [1.54, 1.807) is 48.7 Å². The number of carbonyl (C=O) groups excluding carboxylic acids is 7. The van der Waals surface area contributed by atoms with Gasteiger partial charge in [-0.1, -0.05) is 80.9 Å². The summed E-state index contributed by atoms with van der Waals surface area (Å²) < 4.78 is 31.8. The number of ether oxygens (including phenoxy) is 6. The third kappa shape index (κ3) is 33.2. The van der Waals surface area contributed by atoms with Crippen molar-refractivity contribution >= 4 is 46.9 Å². The van der Waals surface area contributed by atoms with Gasteiger partial charge < -0.3 is 55.4 Å². The van der Waals surface area contributed by atoms with E-state index in [0.717, 1.165) is 31.2 Å². The number of Topliss-reactive ketones (excluding diaryl/α,β-unsaturated/α-hetero) is 2. The van der Waals surface area contributed by atoms with Gasteiger partial charge in [0.05, 0.1) is 83.9 Å². The van der Waals surface area contributed by atoms with Crippen LogP contribution in [0.25, 0.3) is 0 Å². The molecule has 18 nitrogen and oxygen atoms in total. The second-order valence-corrected chi connectivity index (χ2v) is 18.2. The molecule has 18 heteroatoms. The molecule has 4 atom stereocenters. The van der Waals surface area contributed by atoms with Crippen LogP contribution in [0, 0.1) is 29.6 Å². The highest BCUT2D eigenvalue weighted by Crippen LogP contribution is 2.21. The van der Waals surface area contributed by atoms with Gasteiger partial charge in [-0.3, -0.25) is 33.6 Å². The Kier molecular flexibility index (Phi) is 36.1. The lowest BCUT2D eigenvalue weighted by molar-refractivity contribution is -0.148. The number of anilines is 1. The number of primary amides is 1. The smallest absolute Gasteiger partial charge is 0.308 e. The lowest BCUT2D eigenvalue weighted by Crippen LogP contribution is -2.47. The minimum atomic E-state index is -0.946. The molecule has 0 unspecified atom stereocenters. The second kappa shape index (κ2) is 38.5. The average molecular weight is 966 g/mol. The fraction of sp³-hybridized carbons (Fsp3) is 0.740. The number of methoxy groups -OCH3 is 1. The first-order valence-electron chi connectivity index (χ1n) is 24.2. The zero-order chi connectivity index (χ0) is 51.4. The van der Waals surface area contributed by atoms with Crippen molar-refractivity contribution in [3.8, 4) is 0 Å². The Morgan fingerprint density at radius 1 is 0.662 bits per heavy atom. The Balaban J connectivity index is 0.00000158. The van der Waals surface area contributed by atoms with Crippen LogP contribution in [-0.4, -0.2) is 132 Å². The summed E-state index contributed by atoms with van der Waals surface area (Å²) in [5, 5.41) is 11.6. The Morgan fingerprint density at radius 3 is 1.72 bits per heavy atom. The highest BCUT2D eigenvalue weighted by Gasteiger charge is 2.28. The minimum Gasteiger partial charge on any atom is -0.461 e. The summed E-state index contributed by atoms with van der Waals surface area (Å²) in [5.41, 5.74) is 6.73. The van der Waals surface area contributed by atoms with Crippen LogP contribution in [0.2, 0.25) is 0 Å². The van der Waals surface area contributed by atoms with Gasteiger partial charge in [-0.15, -0.1) is 0 Å². The van der Waals surface area contributed by atoms with Crippen LogP contribution in [0.3, 0.4) is 0 Å². The summed E-state index contributed by atoms with van der Waals surface area (Å²) in [6.45, 7) is 23.6. The molecule has 1 aromatic carbocycles. The van der Waals surface area contributed by atoms with Crippen LogP contribution in [0.1, 0.15) is 120 Å². The number of amides is 4. The molecule has 0 bridgehead atoms. The molecule has 6 N–H and O–H groups in total. The van der Waals surface area contributed by atoms with Gasteiger partial charge in [0.15, 0.2) is 5.78 Å². The second-order valence-electron chi connectivity index (χ2n) is 18.2. The predicted octanol–water partition coefficient (Wildman–Crippen LogP) is 4.93. The van der Waals surface area contributed by atoms with Gasteiger partial charge in [0.1, 0.15) is 12.4 Å². The molecule has 0 fully saturated rings. The highest BCUT2D eigenvalue weighted by atomic mass is 16.6. The maximum absolute atomic E-state index is 13.0. The Bertz CT molecular complexity index is 1590. The van der Waals surface area contributed by atoms with E-state index in [1.165, 1.54) is 0 Å². The molecule has 0 radical (unpaired) electrons. The van der Waals surface area contributed by atoms with Gasteiger partial charge in [0.25, 0.3) is 0 Å². The van der Waals surface area contributed by atoms with Crippen molar-refractivity contribution in [2.45, 2.75) is 139 Å². The molecule has 0 aliphatic rings. The summed E-state index contributed by atoms with van der Waals surface area (Å²) in [6.07, 6.45) is 3.29. The van der Waals surface area contributed by atoms with Crippen LogP contribution in [-0.2, 0) is 68.6 Å². The molecule has 4 amide bonds. The van der Waals surface area contributed by atoms with Gasteiger partial charge in [-0.2, -0.15) is 0 Å². The lowest BCUT2D eigenvalue weighted by Gasteiger charge is -2.21. The summed E-state index contributed by atoms with van der Waals surface area (Å²) in [4.78, 5) is 84.4. The van der Waals surface area contributed by atoms with E-state index in [2.05, 4.69) is 35.1 Å². The molecule has 0 spiro atoms. The molecule has 0 heterocycles. The minimum absolute atomic E-state index is 0.00121. The van der Waals surface area contributed by atoms with E-state index >= 15 is 0 Å². The molecular weight excluding hydrogens is 879 g/mol. The van der Waals surface area contributed by atoms with Gasteiger partial charge in [-0.05, 0) is 49.8 Å². The van der Waals surface area contributed by atoms with Gasteiger partial charge in [0, 0.05) is 56.0 Å². The standard InChI is InChI=1S/C33H56N2O9.C17H31N3O4/c1-26(2)24-29(32(37)35-30-11-9-28(10-12-30)25-44-33(38)27(3)4)8-6-7-14-34-31(36)13-15-40-18-19-42-22-23-43-21-20-41-17-16-39-5;1-9(2)16(23)13(8-15(18)22)20-17(24)11(5)7-14(21)12(6)19-10(3)4/h9-12,26-27,29H,6-8,13-25H2,1-5H3,(H,34,36)(H,35,37);9-13,19H,7-8H2,1-6H3,(H2,18,22)(H,20,24)/t29-;11-,12+,13+/m11/s1. The van der Waals surface area contributed by atoms with Crippen LogP contribution in [0.5, 0.6) is 0 Å². The van der Waals surface area contributed by atoms with Crippen LogP contribution < -0.4 is 27.0 Å². The third-order valence-electron chi connectivity index (χ3n) is 10.2. The molecule has 68 heavy (non-hydrogen) atoms. The van der Waals surface area contributed by atoms with Crippen LogP contribution in [0.4, 0.5) is 5.69 Å².